The number of thioether (sulfide) groups is 1. The summed E-state index contributed by atoms with van der Waals surface area (Å²) in [6, 6.07) is 24.9. The zero-order valence-electron chi connectivity index (χ0n) is 20.8. The molecule has 0 N–H and O–H groups in total. The van der Waals surface area contributed by atoms with Crippen LogP contribution in [0, 0.1) is 5.82 Å². The molecule has 1 fully saturated rings. The first-order chi connectivity index (χ1) is 18.6. The lowest BCUT2D eigenvalue weighted by atomic mass is 10.2. The van der Waals surface area contributed by atoms with E-state index >= 15 is 0 Å². The minimum absolute atomic E-state index is 0.0879. The van der Waals surface area contributed by atoms with Crippen molar-refractivity contribution in [1.82, 2.24) is 29.5 Å². The topological polar surface area (TPSA) is 67.2 Å². The van der Waals surface area contributed by atoms with Crippen LogP contribution in [0.25, 0.3) is 22.1 Å². The molecule has 6 rings (SSSR count). The average Bonchev–Trinajstić information content (AvgIpc) is 3.26. The fourth-order valence-electron chi connectivity index (χ4n) is 4.90. The predicted molar refractivity (Wildman–Crippen MR) is 147 cm³/mol. The molecule has 3 aromatic carbocycles. The molecule has 192 valence electrons. The van der Waals surface area contributed by atoms with Crippen molar-refractivity contribution in [3.05, 3.63) is 95.8 Å². The van der Waals surface area contributed by atoms with Gasteiger partial charge in [-0.25, -0.2) is 9.37 Å². The van der Waals surface area contributed by atoms with E-state index in [4.69, 9.17) is 4.98 Å². The summed E-state index contributed by atoms with van der Waals surface area (Å²) in [5.41, 5.74) is 4.66. The Labute approximate surface area is 224 Å². The number of hydrogen-bond donors (Lipinski definition) is 0. The van der Waals surface area contributed by atoms with Crippen molar-refractivity contribution in [3.63, 3.8) is 0 Å². The zero-order chi connectivity index (χ0) is 25.9. The Morgan fingerprint density at radius 1 is 0.816 bits per heavy atom. The third-order valence-corrected chi connectivity index (χ3v) is 7.73. The first-order valence-corrected chi connectivity index (χ1v) is 13.7. The van der Waals surface area contributed by atoms with Gasteiger partial charge in [0.25, 0.3) is 0 Å². The minimum Gasteiger partial charge on any atom is -0.339 e. The second-order valence-corrected chi connectivity index (χ2v) is 10.4. The lowest BCUT2D eigenvalue weighted by molar-refractivity contribution is -0.130. The normalized spacial score (nSPS) is 14.4. The third kappa shape index (κ3) is 5.25. The number of fused-ring (bicyclic) bond motifs is 3. The molecule has 0 spiro atoms. The number of para-hydroxylation sites is 1. The van der Waals surface area contributed by atoms with Crippen LogP contribution in [0.2, 0.25) is 0 Å². The Kier molecular flexibility index (Phi) is 7.02. The van der Waals surface area contributed by atoms with Gasteiger partial charge in [0.2, 0.25) is 11.1 Å². The van der Waals surface area contributed by atoms with Crippen molar-refractivity contribution >= 4 is 39.7 Å². The van der Waals surface area contributed by atoms with Gasteiger partial charge in [0.05, 0.1) is 11.3 Å². The van der Waals surface area contributed by atoms with E-state index in [1.807, 2.05) is 35.2 Å². The SMILES string of the molecule is O=C(CSc1nnc2c3ccccc3n(Cc3ccc(F)cc3)c2n1)N1CCN(Cc2ccccc2)CC1. The van der Waals surface area contributed by atoms with Gasteiger partial charge in [-0.05, 0) is 29.3 Å². The van der Waals surface area contributed by atoms with E-state index in [0.29, 0.717) is 22.9 Å². The van der Waals surface area contributed by atoms with Crippen molar-refractivity contribution in [2.75, 3.05) is 31.9 Å². The summed E-state index contributed by atoms with van der Waals surface area (Å²) >= 11 is 1.31. The third-order valence-electron chi connectivity index (χ3n) is 6.91. The van der Waals surface area contributed by atoms with Crippen LogP contribution in [0.1, 0.15) is 11.1 Å². The fourth-order valence-corrected chi connectivity index (χ4v) is 5.58. The highest BCUT2D eigenvalue weighted by molar-refractivity contribution is 7.99. The molecule has 0 bridgehead atoms. The number of carbonyl (C=O) groups excluding carboxylic acids is 1. The second kappa shape index (κ2) is 10.9. The van der Waals surface area contributed by atoms with E-state index in [1.54, 1.807) is 12.1 Å². The number of piperazine rings is 1. The lowest BCUT2D eigenvalue weighted by Crippen LogP contribution is -2.48. The van der Waals surface area contributed by atoms with Crippen LogP contribution in [0.4, 0.5) is 4.39 Å². The van der Waals surface area contributed by atoms with E-state index in [-0.39, 0.29) is 17.5 Å². The highest BCUT2D eigenvalue weighted by atomic mass is 32.2. The second-order valence-electron chi connectivity index (χ2n) is 9.43. The van der Waals surface area contributed by atoms with Crippen LogP contribution < -0.4 is 0 Å². The van der Waals surface area contributed by atoms with E-state index < -0.39 is 0 Å². The number of nitrogens with zero attached hydrogens (tertiary/aromatic N) is 6. The minimum atomic E-state index is -0.263. The van der Waals surface area contributed by atoms with Crippen molar-refractivity contribution in [2.24, 2.45) is 0 Å². The van der Waals surface area contributed by atoms with E-state index in [9.17, 15) is 9.18 Å². The molecule has 9 heteroatoms. The number of benzene rings is 3. The van der Waals surface area contributed by atoms with Crippen LogP contribution in [-0.4, -0.2) is 67.4 Å². The van der Waals surface area contributed by atoms with E-state index in [2.05, 4.69) is 43.9 Å². The summed E-state index contributed by atoms with van der Waals surface area (Å²) in [4.78, 5) is 22.1. The molecule has 0 unspecified atom stereocenters. The molecule has 0 aliphatic carbocycles. The Morgan fingerprint density at radius 2 is 1.53 bits per heavy atom. The quantitative estimate of drug-likeness (QED) is 0.289. The van der Waals surface area contributed by atoms with Crippen molar-refractivity contribution in [3.8, 4) is 0 Å². The van der Waals surface area contributed by atoms with Crippen LogP contribution >= 0.6 is 11.8 Å². The predicted octanol–water partition coefficient (Wildman–Crippen LogP) is 4.60. The summed E-state index contributed by atoms with van der Waals surface area (Å²) in [5, 5.41) is 10.2. The Balaban J connectivity index is 1.14. The fraction of sp³-hybridized carbons (Fsp3) is 0.241. The van der Waals surface area contributed by atoms with Crippen molar-refractivity contribution in [2.45, 2.75) is 18.2 Å². The van der Waals surface area contributed by atoms with Gasteiger partial charge in [0.15, 0.2) is 5.65 Å². The van der Waals surface area contributed by atoms with Gasteiger partial charge >= 0.3 is 0 Å². The highest BCUT2D eigenvalue weighted by Crippen LogP contribution is 2.28. The maximum atomic E-state index is 13.4. The Hall–Kier alpha value is -3.82. The van der Waals surface area contributed by atoms with Crippen molar-refractivity contribution < 1.29 is 9.18 Å². The monoisotopic (exact) mass is 526 g/mol. The van der Waals surface area contributed by atoms with Gasteiger partial charge < -0.3 is 9.47 Å². The van der Waals surface area contributed by atoms with Gasteiger partial charge in [-0.2, -0.15) is 0 Å². The standard InChI is InChI=1S/C29H27FN6OS/c30-23-12-10-22(11-13-23)19-36-25-9-5-4-8-24(25)27-28(36)31-29(33-32-27)38-20-26(37)35-16-14-34(15-17-35)18-21-6-2-1-3-7-21/h1-13H,14-20H2. The number of hydrogen-bond acceptors (Lipinski definition) is 6. The molecule has 7 nitrogen and oxygen atoms in total. The molecule has 2 aromatic heterocycles. The summed E-state index contributed by atoms with van der Waals surface area (Å²) in [6.07, 6.45) is 0. The molecular weight excluding hydrogens is 499 g/mol. The Bertz CT molecular complexity index is 1570. The number of amides is 1. The first kappa shape index (κ1) is 24.5. The first-order valence-electron chi connectivity index (χ1n) is 12.7. The van der Waals surface area contributed by atoms with Crippen LogP contribution in [0.15, 0.2) is 84.0 Å². The number of rotatable bonds is 7. The van der Waals surface area contributed by atoms with E-state index in [1.165, 1.54) is 29.5 Å². The maximum absolute atomic E-state index is 13.4. The van der Waals surface area contributed by atoms with Crippen LogP contribution in [-0.2, 0) is 17.9 Å². The molecule has 1 aliphatic rings. The largest absolute Gasteiger partial charge is 0.339 e. The van der Waals surface area contributed by atoms with Gasteiger partial charge in [0, 0.05) is 44.7 Å². The number of carbonyl (C=O) groups is 1. The smallest absolute Gasteiger partial charge is 0.233 e. The van der Waals surface area contributed by atoms with Gasteiger partial charge in [-0.3, -0.25) is 9.69 Å². The van der Waals surface area contributed by atoms with Gasteiger partial charge in [0.1, 0.15) is 11.3 Å². The molecule has 1 aliphatic heterocycles. The van der Waals surface area contributed by atoms with Crippen molar-refractivity contribution in [1.29, 1.82) is 0 Å². The average molecular weight is 527 g/mol. The van der Waals surface area contributed by atoms with Gasteiger partial charge in [-0.1, -0.05) is 72.4 Å². The molecule has 3 heterocycles. The number of aromatic nitrogens is 4. The molecule has 0 atom stereocenters. The molecule has 1 saturated heterocycles. The number of halogens is 1. The summed E-state index contributed by atoms with van der Waals surface area (Å²) in [5.74, 6) is 0.0928. The molecular formula is C29H27FN6OS. The van der Waals surface area contributed by atoms with Gasteiger partial charge in [-0.15, -0.1) is 10.2 Å². The van der Waals surface area contributed by atoms with Crippen LogP contribution in [0.3, 0.4) is 0 Å². The molecule has 38 heavy (non-hydrogen) atoms. The molecule has 1 amide bonds. The molecule has 5 aromatic rings. The molecule has 0 saturated carbocycles. The molecule has 0 radical (unpaired) electrons. The Morgan fingerprint density at radius 3 is 2.32 bits per heavy atom. The summed E-state index contributed by atoms with van der Waals surface area (Å²) < 4.78 is 15.5. The zero-order valence-corrected chi connectivity index (χ0v) is 21.6. The lowest BCUT2D eigenvalue weighted by Gasteiger charge is -2.34. The maximum Gasteiger partial charge on any atom is 0.233 e. The highest BCUT2D eigenvalue weighted by Gasteiger charge is 2.22. The van der Waals surface area contributed by atoms with Crippen LogP contribution in [0.5, 0.6) is 0 Å². The van der Waals surface area contributed by atoms with E-state index in [0.717, 1.165) is 49.2 Å². The summed E-state index contributed by atoms with van der Waals surface area (Å²) in [7, 11) is 0. The summed E-state index contributed by atoms with van der Waals surface area (Å²) in [6.45, 7) is 4.59.